The van der Waals surface area contributed by atoms with Gasteiger partial charge in [0.15, 0.2) is 0 Å². The van der Waals surface area contributed by atoms with E-state index in [-0.39, 0.29) is 5.97 Å². The quantitative estimate of drug-likeness (QED) is 0.415. The highest BCUT2D eigenvalue weighted by atomic mass is 16.5. The van der Waals surface area contributed by atoms with Crippen molar-refractivity contribution < 1.29 is 9.53 Å². The minimum absolute atomic E-state index is 0.274. The lowest BCUT2D eigenvalue weighted by Crippen LogP contribution is -2.17. The molecule has 0 bridgehead atoms. The first-order chi connectivity index (χ1) is 14.7. The Morgan fingerprint density at radius 1 is 1.07 bits per heavy atom. The number of anilines is 1. The van der Waals surface area contributed by atoms with Gasteiger partial charge in [-0.2, -0.15) is 0 Å². The molecule has 0 fully saturated rings. The van der Waals surface area contributed by atoms with Crippen molar-refractivity contribution in [2.75, 3.05) is 18.6 Å². The van der Waals surface area contributed by atoms with Crippen LogP contribution in [0.15, 0.2) is 79.1 Å². The van der Waals surface area contributed by atoms with Crippen LogP contribution in [-0.4, -0.2) is 29.2 Å². The maximum atomic E-state index is 12.3. The molecule has 152 valence electrons. The highest BCUT2D eigenvalue weighted by molar-refractivity contribution is 5.91. The number of fused-ring (bicyclic) bond motifs is 1. The summed E-state index contributed by atoms with van der Waals surface area (Å²) >= 11 is 0. The number of rotatable bonds is 7. The van der Waals surface area contributed by atoms with E-state index in [2.05, 4.69) is 44.9 Å². The molecule has 2 aromatic heterocycles. The zero-order chi connectivity index (χ0) is 20.9. The number of hydrogen-bond donors (Lipinski definition) is 0. The summed E-state index contributed by atoms with van der Waals surface area (Å²) in [6.07, 6.45) is 3.88. The third-order valence-electron chi connectivity index (χ3n) is 5.15. The zero-order valence-electron chi connectivity index (χ0n) is 17.3. The molecule has 0 atom stereocenters. The lowest BCUT2D eigenvalue weighted by atomic mass is 10.1. The Labute approximate surface area is 176 Å². The molecule has 0 amide bonds. The van der Waals surface area contributed by atoms with Crippen molar-refractivity contribution in [3.8, 4) is 0 Å². The zero-order valence-corrected chi connectivity index (χ0v) is 17.3. The molecular formula is C25H25N3O2. The van der Waals surface area contributed by atoms with Gasteiger partial charge in [-0.05, 0) is 59.8 Å². The third kappa shape index (κ3) is 4.20. The Bertz CT molecular complexity index is 1150. The van der Waals surface area contributed by atoms with Crippen LogP contribution in [0.25, 0.3) is 10.9 Å². The normalized spacial score (nSPS) is 10.9. The number of carbonyl (C=O) groups excluding carboxylic acids is 1. The Hall–Kier alpha value is -3.60. The summed E-state index contributed by atoms with van der Waals surface area (Å²) in [5, 5.41) is 1.18. The standard InChI is InChI=1S/C25H25N3O2/c1-3-30-25(29)22-9-5-4-8-21(22)18-28-15-13-20-16-19(11-12-23(20)28)17-27(2)24-10-6-7-14-26-24/h4-16H,3,17-18H2,1-2H3. The number of esters is 1. The van der Waals surface area contributed by atoms with Gasteiger partial charge in [-0.15, -0.1) is 0 Å². The van der Waals surface area contributed by atoms with Crippen molar-refractivity contribution in [3.63, 3.8) is 0 Å². The smallest absolute Gasteiger partial charge is 0.338 e. The second-order valence-electron chi connectivity index (χ2n) is 7.26. The number of ether oxygens (including phenoxy) is 1. The fourth-order valence-electron chi connectivity index (χ4n) is 3.67. The summed E-state index contributed by atoms with van der Waals surface area (Å²) in [5.41, 5.74) is 3.93. The predicted octanol–water partition coefficient (Wildman–Crippen LogP) is 4.90. The monoisotopic (exact) mass is 399 g/mol. The molecule has 0 radical (unpaired) electrons. The van der Waals surface area contributed by atoms with Gasteiger partial charge in [-0.3, -0.25) is 0 Å². The number of pyridine rings is 1. The molecule has 5 heteroatoms. The van der Waals surface area contributed by atoms with E-state index in [1.165, 1.54) is 10.9 Å². The topological polar surface area (TPSA) is 47.4 Å². The van der Waals surface area contributed by atoms with Gasteiger partial charge in [-0.1, -0.05) is 30.3 Å². The average molecular weight is 399 g/mol. The number of carbonyl (C=O) groups is 1. The lowest BCUT2D eigenvalue weighted by Gasteiger charge is -2.18. The van der Waals surface area contributed by atoms with Gasteiger partial charge in [0.25, 0.3) is 0 Å². The van der Waals surface area contributed by atoms with Crippen LogP contribution in [0.4, 0.5) is 5.82 Å². The first-order valence-electron chi connectivity index (χ1n) is 10.1. The third-order valence-corrected chi connectivity index (χ3v) is 5.15. The highest BCUT2D eigenvalue weighted by Gasteiger charge is 2.13. The molecule has 0 spiro atoms. The SMILES string of the molecule is CCOC(=O)c1ccccc1Cn1ccc2cc(CN(C)c3ccccn3)ccc21. The minimum Gasteiger partial charge on any atom is -0.462 e. The van der Waals surface area contributed by atoms with E-state index in [4.69, 9.17) is 4.74 Å². The van der Waals surface area contributed by atoms with Crippen molar-refractivity contribution in [3.05, 3.63) is 95.8 Å². The Kier molecular flexibility index (Phi) is 5.80. The number of benzene rings is 2. The van der Waals surface area contributed by atoms with E-state index in [0.717, 1.165) is 23.4 Å². The molecule has 30 heavy (non-hydrogen) atoms. The maximum Gasteiger partial charge on any atom is 0.338 e. The van der Waals surface area contributed by atoms with E-state index < -0.39 is 0 Å². The first-order valence-corrected chi connectivity index (χ1v) is 10.1. The summed E-state index contributed by atoms with van der Waals surface area (Å²) in [6.45, 7) is 3.59. The summed E-state index contributed by atoms with van der Waals surface area (Å²) < 4.78 is 7.37. The summed E-state index contributed by atoms with van der Waals surface area (Å²) in [7, 11) is 2.05. The van der Waals surface area contributed by atoms with Gasteiger partial charge in [0, 0.05) is 38.0 Å². The van der Waals surface area contributed by atoms with Crippen LogP contribution in [-0.2, 0) is 17.8 Å². The molecule has 0 aliphatic heterocycles. The molecule has 2 heterocycles. The molecule has 0 aliphatic rings. The van der Waals surface area contributed by atoms with Gasteiger partial charge >= 0.3 is 5.97 Å². The number of nitrogens with zero attached hydrogens (tertiary/aromatic N) is 3. The number of hydrogen-bond acceptors (Lipinski definition) is 4. The Morgan fingerprint density at radius 2 is 1.90 bits per heavy atom. The fraction of sp³-hybridized carbons (Fsp3) is 0.200. The lowest BCUT2D eigenvalue weighted by molar-refractivity contribution is 0.0525. The number of aromatic nitrogens is 2. The van der Waals surface area contributed by atoms with Crippen LogP contribution in [0.5, 0.6) is 0 Å². The van der Waals surface area contributed by atoms with Crippen molar-refractivity contribution in [2.24, 2.45) is 0 Å². The molecule has 4 rings (SSSR count). The largest absolute Gasteiger partial charge is 0.462 e. The second kappa shape index (κ2) is 8.82. The average Bonchev–Trinajstić information content (AvgIpc) is 3.17. The molecular weight excluding hydrogens is 374 g/mol. The molecule has 0 saturated carbocycles. The molecule has 5 nitrogen and oxygen atoms in total. The molecule has 4 aromatic rings. The van der Waals surface area contributed by atoms with E-state index in [1.807, 2.05) is 62.6 Å². The Balaban J connectivity index is 1.56. The predicted molar refractivity (Wildman–Crippen MR) is 120 cm³/mol. The molecule has 0 aliphatic carbocycles. The second-order valence-corrected chi connectivity index (χ2v) is 7.26. The summed E-state index contributed by atoms with van der Waals surface area (Å²) in [6, 6.07) is 22.2. The van der Waals surface area contributed by atoms with Gasteiger partial charge in [0.2, 0.25) is 0 Å². The van der Waals surface area contributed by atoms with Gasteiger partial charge < -0.3 is 14.2 Å². The first kappa shape index (κ1) is 19.7. The van der Waals surface area contributed by atoms with E-state index in [1.54, 1.807) is 0 Å². The van der Waals surface area contributed by atoms with E-state index in [0.29, 0.717) is 18.7 Å². The van der Waals surface area contributed by atoms with E-state index >= 15 is 0 Å². The van der Waals surface area contributed by atoms with E-state index in [9.17, 15) is 4.79 Å². The maximum absolute atomic E-state index is 12.3. The Morgan fingerprint density at radius 3 is 2.70 bits per heavy atom. The summed E-state index contributed by atoms with van der Waals surface area (Å²) in [5.74, 6) is 0.676. The van der Waals surface area contributed by atoms with Gasteiger partial charge in [0.05, 0.1) is 12.2 Å². The molecule has 0 N–H and O–H groups in total. The minimum atomic E-state index is -0.274. The van der Waals surface area contributed by atoms with Crippen LogP contribution in [0.2, 0.25) is 0 Å². The van der Waals surface area contributed by atoms with Crippen molar-refractivity contribution in [1.82, 2.24) is 9.55 Å². The van der Waals surface area contributed by atoms with Crippen molar-refractivity contribution in [1.29, 1.82) is 0 Å². The van der Waals surface area contributed by atoms with Crippen LogP contribution >= 0.6 is 0 Å². The van der Waals surface area contributed by atoms with Gasteiger partial charge in [0.1, 0.15) is 5.82 Å². The van der Waals surface area contributed by atoms with Crippen molar-refractivity contribution >= 4 is 22.7 Å². The van der Waals surface area contributed by atoms with Crippen LogP contribution in [0.3, 0.4) is 0 Å². The molecule has 2 aromatic carbocycles. The van der Waals surface area contributed by atoms with Crippen LogP contribution < -0.4 is 4.90 Å². The molecule has 0 unspecified atom stereocenters. The van der Waals surface area contributed by atoms with Crippen LogP contribution in [0.1, 0.15) is 28.4 Å². The molecule has 0 saturated heterocycles. The van der Waals surface area contributed by atoms with Gasteiger partial charge in [-0.25, -0.2) is 9.78 Å². The van der Waals surface area contributed by atoms with Crippen molar-refractivity contribution in [2.45, 2.75) is 20.0 Å². The van der Waals surface area contributed by atoms with Crippen LogP contribution in [0, 0.1) is 0 Å². The highest BCUT2D eigenvalue weighted by Crippen LogP contribution is 2.22. The summed E-state index contributed by atoms with van der Waals surface area (Å²) in [4.78, 5) is 18.8. The fourth-order valence-corrected chi connectivity index (χ4v) is 3.67.